The quantitative estimate of drug-likeness (QED) is 0.900. The summed E-state index contributed by atoms with van der Waals surface area (Å²) in [7, 11) is 0. The number of rotatable bonds is 3. The van der Waals surface area contributed by atoms with E-state index in [1.54, 1.807) is 0 Å². The topological polar surface area (TPSA) is 73.9 Å². The first kappa shape index (κ1) is 13.7. The molecule has 0 aliphatic carbocycles. The first-order chi connectivity index (χ1) is 10.1. The minimum atomic E-state index is -0.527. The molecule has 5 heteroatoms. The summed E-state index contributed by atoms with van der Waals surface area (Å²) >= 11 is 0. The van der Waals surface area contributed by atoms with Crippen molar-refractivity contribution in [1.82, 2.24) is 0 Å². The number of anilines is 1. The summed E-state index contributed by atoms with van der Waals surface area (Å²) in [5.41, 5.74) is 1.80. The molecule has 1 aromatic heterocycles. The van der Waals surface area contributed by atoms with Crippen LogP contribution in [0, 0.1) is 0 Å². The number of nitrogens with zero attached hydrogens (tertiary/aromatic N) is 1. The Morgan fingerprint density at radius 1 is 1.38 bits per heavy atom. The van der Waals surface area contributed by atoms with E-state index in [9.17, 15) is 9.90 Å². The van der Waals surface area contributed by atoms with Crippen LogP contribution in [-0.4, -0.2) is 16.3 Å². The van der Waals surface area contributed by atoms with Gasteiger partial charge in [0.15, 0.2) is 5.76 Å². The van der Waals surface area contributed by atoms with Gasteiger partial charge in [-0.25, -0.2) is 0 Å². The van der Waals surface area contributed by atoms with E-state index in [1.165, 1.54) is 5.56 Å². The molecule has 0 radical (unpaired) electrons. The molecule has 0 spiro atoms. The van der Waals surface area contributed by atoms with Crippen molar-refractivity contribution in [2.75, 3.05) is 4.90 Å². The van der Waals surface area contributed by atoms with Crippen molar-refractivity contribution >= 4 is 5.69 Å². The number of aromatic hydroxyl groups is 1. The molecular formula is C16H17NO4. The second kappa shape index (κ2) is 5.26. The normalized spacial score (nSPS) is 17.0. The van der Waals surface area contributed by atoms with Crippen molar-refractivity contribution in [3.63, 3.8) is 0 Å². The molecule has 1 aliphatic rings. The average molecular weight is 287 g/mol. The van der Waals surface area contributed by atoms with Gasteiger partial charge in [-0.3, -0.25) is 4.79 Å². The van der Waals surface area contributed by atoms with Crippen LogP contribution in [0.5, 0.6) is 5.75 Å². The highest BCUT2D eigenvalue weighted by atomic mass is 16.4. The predicted molar refractivity (Wildman–Crippen MR) is 78.4 cm³/mol. The third-order valence-corrected chi connectivity index (χ3v) is 3.86. The highest BCUT2D eigenvalue weighted by Gasteiger charge is 2.27. The third-order valence-electron chi connectivity index (χ3n) is 3.86. The lowest BCUT2D eigenvalue weighted by atomic mass is 10.1. The molecule has 0 saturated carbocycles. The van der Waals surface area contributed by atoms with E-state index in [0.29, 0.717) is 6.54 Å². The minimum absolute atomic E-state index is 0.160. The van der Waals surface area contributed by atoms with E-state index in [1.807, 2.05) is 18.2 Å². The number of aliphatic hydroxyl groups is 1. The monoisotopic (exact) mass is 287 g/mol. The zero-order valence-corrected chi connectivity index (χ0v) is 11.7. The highest BCUT2D eigenvalue weighted by Crippen LogP contribution is 2.33. The smallest absolute Gasteiger partial charge is 0.227 e. The predicted octanol–water partition coefficient (Wildman–Crippen LogP) is 1.79. The number of fused-ring (bicyclic) bond motifs is 1. The van der Waals surface area contributed by atoms with Gasteiger partial charge < -0.3 is 19.5 Å². The number of hydrogen-bond acceptors (Lipinski definition) is 5. The summed E-state index contributed by atoms with van der Waals surface area (Å²) in [6.45, 7) is 2.02. The number of aliphatic hydroxyl groups excluding tert-OH is 1. The second-order valence-corrected chi connectivity index (χ2v) is 5.32. The van der Waals surface area contributed by atoms with Crippen LogP contribution < -0.4 is 10.3 Å². The van der Waals surface area contributed by atoms with Gasteiger partial charge in [-0.1, -0.05) is 18.2 Å². The van der Waals surface area contributed by atoms with Gasteiger partial charge in [0.1, 0.15) is 12.4 Å². The van der Waals surface area contributed by atoms with Crippen LogP contribution in [-0.2, 0) is 19.6 Å². The van der Waals surface area contributed by atoms with Gasteiger partial charge in [0.25, 0.3) is 0 Å². The molecule has 0 saturated heterocycles. The first-order valence-electron chi connectivity index (χ1n) is 6.90. The summed E-state index contributed by atoms with van der Waals surface area (Å²) in [4.78, 5) is 13.8. The van der Waals surface area contributed by atoms with Crippen molar-refractivity contribution in [3.05, 3.63) is 57.6 Å². The molecular weight excluding hydrogens is 270 g/mol. The van der Waals surface area contributed by atoms with Gasteiger partial charge in [-0.05, 0) is 25.0 Å². The Hall–Kier alpha value is -2.27. The summed E-state index contributed by atoms with van der Waals surface area (Å²) in [5, 5.41) is 19.0. The zero-order valence-electron chi connectivity index (χ0n) is 11.7. The molecule has 0 amide bonds. The summed E-state index contributed by atoms with van der Waals surface area (Å²) in [6.07, 6.45) is 0.918. The molecule has 1 unspecified atom stereocenters. The van der Waals surface area contributed by atoms with Gasteiger partial charge in [0.2, 0.25) is 11.2 Å². The molecule has 3 rings (SSSR count). The largest absolute Gasteiger partial charge is 0.502 e. The maximum atomic E-state index is 11.7. The van der Waals surface area contributed by atoms with Crippen LogP contribution in [0.25, 0.3) is 0 Å². The van der Waals surface area contributed by atoms with Crippen molar-refractivity contribution in [1.29, 1.82) is 0 Å². The Labute approximate surface area is 122 Å². The molecule has 1 aliphatic heterocycles. The molecule has 21 heavy (non-hydrogen) atoms. The van der Waals surface area contributed by atoms with Crippen molar-refractivity contribution in [2.45, 2.75) is 32.5 Å². The van der Waals surface area contributed by atoms with Crippen LogP contribution >= 0.6 is 0 Å². The van der Waals surface area contributed by atoms with Crippen LogP contribution in [0.2, 0.25) is 0 Å². The molecule has 0 fully saturated rings. The fraction of sp³-hybridized carbons (Fsp3) is 0.312. The molecule has 2 heterocycles. The highest BCUT2D eigenvalue weighted by molar-refractivity contribution is 5.59. The molecule has 2 N–H and O–H groups in total. The lowest BCUT2D eigenvalue weighted by Gasteiger charge is -2.24. The van der Waals surface area contributed by atoms with Gasteiger partial charge >= 0.3 is 0 Å². The summed E-state index contributed by atoms with van der Waals surface area (Å²) in [6, 6.07) is 9.42. The lowest BCUT2D eigenvalue weighted by molar-refractivity contribution is 0.235. The van der Waals surface area contributed by atoms with Gasteiger partial charge in [-0.15, -0.1) is 0 Å². The van der Waals surface area contributed by atoms with E-state index in [2.05, 4.69) is 17.9 Å². The maximum absolute atomic E-state index is 11.7. The Kier molecular flexibility index (Phi) is 3.43. The molecule has 1 atom stereocenters. The lowest BCUT2D eigenvalue weighted by Crippen LogP contribution is -2.29. The second-order valence-electron chi connectivity index (χ2n) is 5.32. The molecule has 0 bridgehead atoms. The van der Waals surface area contributed by atoms with Gasteiger partial charge in [0.05, 0.1) is 6.54 Å². The third kappa shape index (κ3) is 2.40. The SMILES string of the molecule is CC1Cc2ccccc2N1Cc1oc(CO)cc(=O)c1O. The van der Waals surface area contributed by atoms with Gasteiger partial charge in [0, 0.05) is 17.8 Å². The fourth-order valence-electron chi connectivity index (χ4n) is 2.80. The number of benzene rings is 1. The van der Waals surface area contributed by atoms with E-state index in [-0.39, 0.29) is 29.9 Å². The molecule has 2 aromatic rings. The van der Waals surface area contributed by atoms with E-state index in [4.69, 9.17) is 9.52 Å². The molecule has 110 valence electrons. The minimum Gasteiger partial charge on any atom is -0.502 e. The van der Waals surface area contributed by atoms with Crippen LogP contribution in [0.1, 0.15) is 24.0 Å². The van der Waals surface area contributed by atoms with Crippen LogP contribution in [0.15, 0.2) is 39.5 Å². The van der Waals surface area contributed by atoms with Crippen LogP contribution in [0.4, 0.5) is 5.69 Å². The maximum Gasteiger partial charge on any atom is 0.227 e. The fourth-order valence-corrected chi connectivity index (χ4v) is 2.80. The molecule has 1 aromatic carbocycles. The first-order valence-corrected chi connectivity index (χ1v) is 6.90. The Morgan fingerprint density at radius 2 is 2.14 bits per heavy atom. The number of para-hydroxylation sites is 1. The van der Waals surface area contributed by atoms with E-state index < -0.39 is 5.43 Å². The van der Waals surface area contributed by atoms with Gasteiger partial charge in [-0.2, -0.15) is 0 Å². The Balaban J connectivity index is 1.98. The van der Waals surface area contributed by atoms with E-state index >= 15 is 0 Å². The Morgan fingerprint density at radius 3 is 2.90 bits per heavy atom. The zero-order chi connectivity index (χ0) is 15.0. The summed E-state index contributed by atoms with van der Waals surface area (Å²) in [5.74, 6) is -0.0354. The van der Waals surface area contributed by atoms with Crippen molar-refractivity contribution in [2.24, 2.45) is 0 Å². The number of hydrogen-bond donors (Lipinski definition) is 2. The summed E-state index contributed by atoms with van der Waals surface area (Å²) < 4.78 is 5.42. The van der Waals surface area contributed by atoms with E-state index in [0.717, 1.165) is 18.2 Å². The Bertz CT molecular complexity index is 722. The van der Waals surface area contributed by atoms with Crippen LogP contribution in [0.3, 0.4) is 0 Å². The standard InChI is InChI=1S/C16H17NO4/c1-10-6-11-4-2-3-5-13(11)17(10)8-15-16(20)14(19)7-12(9-18)21-15/h2-5,7,10,18,20H,6,8-9H2,1H3. The van der Waals surface area contributed by atoms with Crippen molar-refractivity contribution in [3.8, 4) is 5.75 Å². The average Bonchev–Trinajstić information content (AvgIpc) is 2.79. The van der Waals surface area contributed by atoms with Crippen molar-refractivity contribution < 1.29 is 14.6 Å². The molecule has 5 nitrogen and oxygen atoms in total.